The number of anilines is 1. The van der Waals surface area contributed by atoms with Crippen LogP contribution in [0, 0.1) is 6.92 Å². The third-order valence-corrected chi connectivity index (χ3v) is 3.36. The van der Waals surface area contributed by atoms with Crippen molar-refractivity contribution in [1.29, 1.82) is 0 Å². The molecule has 0 unspecified atom stereocenters. The second-order valence-electron chi connectivity index (χ2n) is 3.94. The molecule has 1 aromatic heterocycles. The molecule has 18 heavy (non-hydrogen) atoms. The Morgan fingerprint density at radius 3 is 2.72 bits per heavy atom. The normalized spacial score (nSPS) is 10.4. The zero-order valence-corrected chi connectivity index (χ0v) is 11.9. The Morgan fingerprint density at radius 1 is 1.17 bits per heavy atom. The highest BCUT2D eigenvalue weighted by Crippen LogP contribution is 2.24. The largest absolute Gasteiger partial charge is 0.378 e. The van der Waals surface area contributed by atoms with Crippen LogP contribution in [0.4, 0.5) is 5.69 Å². The van der Waals surface area contributed by atoms with Gasteiger partial charge in [0.05, 0.1) is 5.69 Å². The van der Waals surface area contributed by atoms with Crippen molar-refractivity contribution in [2.45, 2.75) is 13.5 Å². The van der Waals surface area contributed by atoms with Crippen LogP contribution in [-0.2, 0) is 6.54 Å². The monoisotopic (exact) mass is 300 g/mol. The third kappa shape index (κ3) is 3.29. The van der Waals surface area contributed by atoms with E-state index in [1.807, 2.05) is 19.1 Å². The van der Waals surface area contributed by atoms with E-state index in [2.05, 4.69) is 10.3 Å². The summed E-state index contributed by atoms with van der Waals surface area (Å²) in [5, 5.41) is 4.97. The summed E-state index contributed by atoms with van der Waals surface area (Å²) in [6.07, 6.45) is 1.72. The second-order valence-corrected chi connectivity index (χ2v) is 5.14. The number of pyridine rings is 1. The van der Waals surface area contributed by atoms with Crippen molar-refractivity contribution < 1.29 is 0 Å². The summed E-state index contributed by atoms with van der Waals surface area (Å²) in [7, 11) is 0. The number of hydrogen-bond donors (Lipinski definition) is 1. The van der Waals surface area contributed by atoms with Crippen LogP contribution in [-0.4, -0.2) is 4.98 Å². The number of aryl methyl sites for hydroxylation is 1. The zero-order valence-electron chi connectivity index (χ0n) is 9.67. The molecule has 0 atom stereocenters. The number of nitrogens with one attached hydrogen (secondary N) is 1. The van der Waals surface area contributed by atoms with E-state index < -0.39 is 0 Å². The predicted molar refractivity (Wildman–Crippen MR) is 77.8 cm³/mol. The lowest BCUT2D eigenvalue weighted by atomic mass is 10.2. The molecule has 2 rings (SSSR count). The van der Waals surface area contributed by atoms with Gasteiger partial charge in [-0.3, -0.25) is 0 Å². The first-order valence-electron chi connectivity index (χ1n) is 5.36. The van der Waals surface area contributed by atoms with Gasteiger partial charge in [0.25, 0.3) is 0 Å². The van der Waals surface area contributed by atoms with Crippen LogP contribution in [0.15, 0.2) is 30.5 Å². The zero-order chi connectivity index (χ0) is 13.1. The van der Waals surface area contributed by atoms with Crippen LogP contribution in [0.25, 0.3) is 0 Å². The van der Waals surface area contributed by atoms with E-state index in [9.17, 15) is 0 Å². The Labute approximate surface area is 121 Å². The Bertz CT molecular complexity index is 519. The smallest absolute Gasteiger partial charge is 0.152 e. The van der Waals surface area contributed by atoms with E-state index in [-0.39, 0.29) is 0 Å². The van der Waals surface area contributed by atoms with E-state index in [0.717, 1.165) is 16.8 Å². The summed E-state index contributed by atoms with van der Waals surface area (Å²) in [6, 6.07) is 7.30. The Kier molecular flexibility index (Phi) is 4.33. The van der Waals surface area contributed by atoms with Crippen LogP contribution < -0.4 is 5.32 Å². The summed E-state index contributed by atoms with van der Waals surface area (Å²) in [6.45, 7) is 2.51. The SMILES string of the molecule is Cc1cnc(Cl)c(NCc2cc(Cl)ccc2Cl)c1. The molecule has 0 radical (unpaired) electrons. The second kappa shape index (κ2) is 5.79. The summed E-state index contributed by atoms with van der Waals surface area (Å²) < 4.78 is 0. The molecule has 0 aliphatic carbocycles. The summed E-state index contributed by atoms with van der Waals surface area (Å²) in [5.74, 6) is 0. The van der Waals surface area contributed by atoms with Crippen LogP contribution in [0.5, 0.6) is 0 Å². The highest BCUT2D eigenvalue weighted by molar-refractivity contribution is 6.33. The van der Waals surface area contributed by atoms with Crippen LogP contribution in [0.1, 0.15) is 11.1 Å². The molecule has 2 aromatic rings. The van der Waals surface area contributed by atoms with Crippen molar-refractivity contribution in [2.24, 2.45) is 0 Å². The van der Waals surface area contributed by atoms with Gasteiger partial charge in [-0.1, -0.05) is 34.8 Å². The molecule has 0 saturated carbocycles. The van der Waals surface area contributed by atoms with Crippen LogP contribution in [0.3, 0.4) is 0 Å². The van der Waals surface area contributed by atoms with Gasteiger partial charge in [0.1, 0.15) is 0 Å². The minimum absolute atomic E-state index is 0.443. The van der Waals surface area contributed by atoms with Crippen molar-refractivity contribution >= 4 is 40.5 Å². The first kappa shape index (κ1) is 13.5. The highest BCUT2D eigenvalue weighted by Gasteiger charge is 2.04. The van der Waals surface area contributed by atoms with Crippen LogP contribution >= 0.6 is 34.8 Å². The topological polar surface area (TPSA) is 24.9 Å². The van der Waals surface area contributed by atoms with Gasteiger partial charge in [-0.25, -0.2) is 4.98 Å². The molecule has 0 amide bonds. The molecule has 0 bridgehead atoms. The average Bonchev–Trinajstić information content (AvgIpc) is 2.34. The Balaban J connectivity index is 2.16. The first-order chi connectivity index (χ1) is 8.56. The molecule has 0 aliphatic heterocycles. The van der Waals surface area contributed by atoms with Gasteiger partial charge < -0.3 is 5.32 Å². The van der Waals surface area contributed by atoms with Gasteiger partial charge in [-0.15, -0.1) is 0 Å². The lowest BCUT2D eigenvalue weighted by Gasteiger charge is -2.10. The standard InChI is InChI=1S/C13H11Cl3N2/c1-8-4-12(13(16)18-6-8)17-7-9-5-10(14)2-3-11(9)15/h2-6,17H,7H2,1H3. The number of rotatable bonds is 3. The minimum Gasteiger partial charge on any atom is -0.378 e. The van der Waals surface area contributed by atoms with Gasteiger partial charge in [0.15, 0.2) is 5.15 Å². The maximum absolute atomic E-state index is 6.09. The molecule has 0 aliphatic rings. The van der Waals surface area contributed by atoms with Gasteiger partial charge in [-0.05, 0) is 42.3 Å². The van der Waals surface area contributed by atoms with E-state index in [1.54, 1.807) is 18.3 Å². The molecule has 94 valence electrons. The van der Waals surface area contributed by atoms with Gasteiger partial charge in [0, 0.05) is 22.8 Å². The molecule has 5 heteroatoms. The average molecular weight is 302 g/mol. The third-order valence-electron chi connectivity index (χ3n) is 2.45. The van der Waals surface area contributed by atoms with E-state index in [4.69, 9.17) is 34.8 Å². The number of halogens is 3. The Morgan fingerprint density at radius 2 is 1.94 bits per heavy atom. The molecule has 0 fully saturated rings. The maximum Gasteiger partial charge on any atom is 0.152 e. The summed E-state index contributed by atoms with van der Waals surface area (Å²) in [5.41, 5.74) is 2.74. The molecule has 0 spiro atoms. The van der Waals surface area contributed by atoms with Crippen molar-refractivity contribution in [2.75, 3.05) is 5.32 Å². The fourth-order valence-electron chi connectivity index (χ4n) is 1.55. The highest BCUT2D eigenvalue weighted by atomic mass is 35.5. The molecule has 0 saturated heterocycles. The van der Waals surface area contributed by atoms with Crippen LogP contribution in [0.2, 0.25) is 15.2 Å². The summed E-state index contributed by atoms with van der Waals surface area (Å²) in [4.78, 5) is 4.07. The Hall–Kier alpha value is -0.960. The maximum atomic E-state index is 6.09. The lowest BCUT2D eigenvalue weighted by molar-refractivity contribution is 1.13. The van der Waals surface area contributed by atoms with E-state index in [1.165, 1.54) is 0 Å². The van der Waals surface area contributed by atoms with Gasteiger partial charge in [0.2, 0.25) is 0 Å². The van der Waals surface area contributed by atoms with E-state index in [0.29, 0.717) is 21.7 Å². The number of benzene rings is 1. The fourth-order valence-corrected chi connectivity index (χ4v) is 2.09. The lowest BCUT2D eigenvalue weighted by Crippen LogP contribution is -2.01. The fraction of sp³-hybridized carbons (Fsp3) is 0.154. The van der Waals surface area contributed by atoms with Crippen molar-refractivity contribution in [3.05, 3.63) is 56.8 Å². The minimum atomic E-state index is 0.443. The first-order valence-corrected chi connectivity index (χ1v) is 6.49. The molecular formula is C13H11Cl3N2. The number of hydrogen-bond acceptors (Lipinski definition) is 2. The van der Waals surface area contributed by atoms with Gasteiger partial charge >= 0.3 is 0 Å². The molecular weight excluding hydrogens is 291 g/mol. The van der Waals surface area contributed by atoms with Crippen molar-refractivity contribution in [3.8, 4) is 0 Å². The molecule has 2 nitrogen and oxygen atoms in total. The van der Waals surface area contributed by atoms with Crippen molar-refractivity contribution in [3.63, 3.8) is 0 Å². The molecule has 1 aromatic carbocycles. The van der Waals surface area contributed by atoms with Gasteiger partial charge in [-0.2, -0.15) is 0 Å². The van der Waals surface area contributed by atoms with E-state index >= 15 is 0 Å². The quantitative estimate of drug-likeness (QED) is 0.810. The predicted octanol–water partition coefficient (Wildman–Crippen LogP) is 4.96. The number of aromatic nitrogens is 1. The molecule has 1 N–H and O–H groups in total. The van der Waals surface area contributed by atoms with Crippen molar-refractivity contribution in [1.82, 2.24) is 4.98 Å². The molecule has 1 heterocycles. The number of nitrogens with zero attached hydrogens (tertiary/aromatic N) is 1. The summed E-state index contributed by atoms with van der Waals surface area (Å²) >= 11 is 18.0.